The van der Waals surface area contributed by atoms with Crippen molar-refractivity contribution in [3.05, 3.63) is 54.8 Å². The normalized spacial score (nSPS) is 16.3. The second-order valence-electron chi connectivity index (χ2n) is 6.46. The van der Waals surface area contributed by atoms with Gasteiger partial charge in [0.25, 0.3) is 11.5 Å². The lowest BCUT2D eigenvalue weighted by atomic mass is 10.1. The zero-order valence-corrected chi connectivity index (χ0v) is 15.5. The van der Waals surface area contributed by atoms with Crippen molar-refractivity contribution < 1.29 is 4.79 Å². The third-order valence-electron chi connectivity index (χ3n) is 4.54. The van der Waals surface area contributed by atoms with Crippen molar-refractivity contribution in [3.8, 4) is 0 Å². The molecular weight excluding hydrogens is 354 g/mol. The Balaban J connectivity index is 1.91. The molecule has 134 valence electrons. The summed E-state index contributed by atoms with van der Waals surface area (Å²) in [5.74, 6) is -0.264. The maximum absolute atomic E-state index is 12.6. The number of amides is 1. The van der Waals surface area contributed by atoms with E-state index in [2.05, 4.69) is 15.6 Å². The average molecular weight is 371 g/mol. The summed E-state index contributed by atoms with van der Waals surface area (Å²) in [7, 11) is 2.99. The van der Waals surface area contributed by atoms with Crippen LogP contribution in [-0.4, -0.2) is 20.0 Å². The summed E-state index contributed by atoms with van der Waals surface area (Å²) in [6.45, 7) is 3.88. The number of aryl methyl sites for hydroxylation is 3. The van der Waals surface area contributed by atoms with Crippen LogP contribution >= 0.6 is 11.3 Å². The average Bonchev–Trinajstić information content (AvgIpc) is 2.95. The van der Waals surface area contributed by atoms with Crippen LogP contribution in [-0.2, 0) is 14.1 Å². The number of hydrogen-bond donors (Lipinski definition) is 2. The number of pyridine rings is 1. The van der Waals surface area contributed by atoms with E-state index in [0.717, 1.165) is 26.0 Å². The van der Waals surface area contributed by atoms with E-state index >= 15 is 0 Å². The number of thiophene rings is 1. The van der Waals surface area contributed by atoms with Gasteiger partial charge in [-0.3, -0.25) is 14.2 Å². The van der Waals surface area contributed by atoms with E-state index < -0.39 is 17.4 Å². The molecule has 26 heavy (non-hydrogen) atoms. The topological polar surface area (TPSA) is 98.0 Å². The van der Waals surface area contributed by atoms with Gasteiger partial charge in [0.05, 0.1) is 11.3 Å². The van der Waals surface area contributed by atoms with Crippen LogP contribution in [0.5, 0.6) is 0 Å². The maximum atomic E-state index is 12.6. The minimum Gasteiger partial charge on any atom is -0.359 e. The molecule has 0 radical (unpaired) electrons. The van der Waals surface area contributed by atoms with Gasteiger partial charge >= 0.3 is 5.69 Å². The van der Waals surface area contributed by atoms with Crippen molar-refractivity contribution in [2.24, 2.45) is 14.1 Å². The van der Waals surface area contributed by atoms with Gasteiger partial charge < -0.3 is 15.2 Å². The number of carbonyl (C=O) groups is 1. The van der Waals surface area contributed by atoms with Gasteiger partial charge in [-0.15, -0.1) is 11.3 Å². The molecule has 1 aliphatic rings. The molecule has 3 aromatic heterocycles. The molecule has 4 heterocycles. The summed E-state index contributed by atoms with van der Waals surface area (Å²) in [5.41, 5.74) is 2.01. The summed E-state index contributed by atoms with van der Waals surface area (Å²) in [6, 6.07) is 1.96. The molecule has 0 saturated heterocycles. The van der Waals surface area contributed by atoms with Crippen molar-refractivity contribution in [1.82, 2.24) is 19.4 Å². The fraction of sp³-hybridized carbons (Fsp3) is 0.294. The van der Waals surface area contributed by atoms with Crippen molar-refractivity contribution in [2.45, 2.75) is 20.0 Å². The smallest absolute Gasteiger partial charge is 0.330 e. The molecule has 1 aliphatic heterocycles. The molecule has 0 bridgehead atoms. The first kappa shape index (κ1) is 16.5. The first-order chi connectivity index (χ1) is 12.3. The fourth-order valence-corrected chi connectivity index (χ4v) is 4.47. The number of rotatable bonds is 1. The Kier molecular flexibility index (Phi) is 3.52. The Hall–Kier alpha value is -2.94. The van der Waals surface area contributed by atoms with Crippen LogP contribution in [0, 0.1) is 13.8 Å². The third-order valence-corrected chi connectivity index (χ3v) is 5.62. The molecule has 4 rings (SSSR count). The predicted octanol–water partition coefficient (Wildman–Crippen LogP) is 1.16. The molecule has 9 heteroatoms. The van der Waals surface area contributed by atoms with Crippen LogP contribution in [0.2, 0.25) is 0 Å². The molecular formula is C17H17N5O3S. The van der Waals surface area contributed by atoms with Gasteiger partial charge in [-0.05, 0) is 25.5 Å². The molecule has 0 aliphatic carbocycles. The highest BCUT2D eigenvalue weighted by atomic mass is 32.1. The van der Waals surface area contributed by atoms with Crippen LogP contribution in [0.15, 0.2) is 21.9 Å². The lowest BCUT2D eigenvalue weighted by Gasteiger charge is -2.26. The minimum absolute atomic E-state index is 0.264. The highest BCUT2D eigenvalue weighted by Gasteiger charge is 2.31. The summed E-state index contributed by atoms with van der Waals surface area (Å²) < 4.78 is 2.35. The first-order valence-corrected chi connectivity index (χ1v) is 8.84. The zero-order valence-electron chi connectivity index (χ0n) is 14.7. The molecule has 1 amide bonds. The zero-order chi connectivity index (χ0) is 18.7. The van der Waals surface area contributed by atoms with E-state index in [1.54, 1.807) is 7.05 Å². The molecule has 1 atom stereocenters. The predicted molar refractivity (Wildman–Crippen MR) is 99.8 cm³/mol. The summed E-state index contributed by atoms with van der Waals surface area (Å²) in [5, 5.41) is 6.94. The highest BCUT2D eigenvalue weighted by Crippen LogP contribution is 2.40. The largest absolute Gasteiger partial charge is 0.359 e. The lowest BCUT2D eigenvalue weighted by molar-refractivity contribution is 0.0939. The second kappa shape index (κ2) is 5.53. The molecule has 0 saturated carbocycles. The van der Waals surface area contributed by atoms with Crippen LogP contribution in [0.25, 0.3) is 10.2 Å². The van der Waals surface area contributed by atoms with Crippen molar-refractivity contribution in [2.75, 3.05) is 5.32 Å². The highest BCUT2D eigenvalue weighted by molar-refractivity contribution is 7.21. The number of hydrogen-bond acceptors (Lipinski definition) is 6. The molecule has 2 N–H and O–H groups in total. The quantitative estimate of drug-likeness (QED) is 0.669. The van der Waals surface area contributed by atoms with Crippen molar-refractivity contribution >= 4 is 33.1 Å². The second-order valence-corrected chi connectivity index (χ2v) is 7.46. The van der Waals surface area contributed by atoms with Gasteiger partial charge in [0.2, 0.25) is 0 Å². The number of aromatic nitrogens is 3. The van der Waals surface area contributed by atoms with Crippen LogP contribution in [0.1, 0.15) is 32.7 Å². The summed E-state index contributed by atoms with van der Waals surface area (Å²) in [6.07, 6.45) is 0.733. The third kappa shape index (κ3) is 2.27. The Morgan fingerprint density at radius 3 is 2.62 bits per heavy atom. The minimum atomic E-state index is -0.723. The number of anilines is 1. The van der Waals surface area contributed by atoms with Crippen LogP contribution < -0.4 is 21.9 Å². The summed E-state index contributed by atoms with van der Waals surface area (Å²) in [4.78, 5) is 42.9. The molecule has 3 aromatic rings. The van der Waals surface area contributed by atoms with E-state index in [9.17, 15) is 14.4 Å². The SMILES string of the molecule is Cc1cc(C)c2c3c(sc2n1)C(=O)N[C@H](c1cn(C)c(=O)n(C)c1=O)N3. The van der Waals surface area contributed by atoms with Gasteiger partial charge in [0, 0.05) is 31.4 Å². The number of carbonyl (C=O) groups excluding carboxylic acids is 1. The molecule has 0 spiro atoms. The Labute approximate surface area is 152 Å². The lowest BCUT2D eigenvalue weighted by Crippen LogP contribution is -2.45. The van der Waals surface area contributed by atoms with Gasteiger partial charge in [0.1, 0.15) is 15.9 Å². The van der Waals surface area contributed by atoms with Crippen LogP contribution in [0.4, 0.5) is 5.69 Å². The molecule has 0 aromatic carbocycles. The molecule has 8 nitrogen and oxygen atoms in total. The van der Waals surface area contributed by atoms with Gasteiger partial charge in [-0.25, -0.2) is 9.78 Å². The van der Waals surface area contributed by atoms with E-state index in [4.69, 9.17) is 0 Å². The van der Waals surface area contributed by atoms with Gasteiger partial charge in [0.15, 0.2) is 0 Å². The number of nitrogens with zero attached hydrogens (tertiary/aromatic N) is 3. The Bertz CT molecular complexity index is 1200. The summed E-state index contributed by atoms with van der Waals surface area (Å²) >= 11 is 1.32. The van der Waals surface area contributed by atoms with Gasteiger partial charge in [-0.1, -0.05) is 0 Å². The van der Waals surface area contributed by atoms with E-state index in [-0.39, 0.29) is 5.91 Å². The van der Waals surface area contributed by atoms with E-state index in [1.165, 1.54) is 29.1 Å². The monoisotopic (exact) mass is 371 g/mol. The Morgan fingerprint density at radius 1 is 1.15 bits per heavy atom. The van der Waals surface area contributed by atoms with Crippen molar-refractivity contribution in [3.63, 3.8) is 0 Å². The standard InChI is InChI=1S/C17H17N5O3S/c1-7-5-8(2)18-15-10(7)11-12(26-15)14(23)20-13(19-11)9-6-21(3)17(25)22(4)16(9)24/h5-6,13,19H,1-4H3,(H,20,23)/t13-/m1/s1. The molecule has 0 fully saturated rings. The van der Waals surface area contributed by atoms with Crippen LogP contribution in [0.3, 0.4) is 0 Å². The number of nitrogens with one attached hydrogen (secondary N) is 2. The van der Waals surface area contributed by atoms with Crippen molar-refractivity contribution in [1.29, 1.82) is 0 Å². The molecule has 0 unspecified atom stereocenters. The first-order valence-electron chi connectivity index (χ1n) is 8.02. The fourth-order valence-electron chi connectivity index (χ4n) is 3.31. The van der Waals surface area contributed by atoms with Gasteiger partial charge in [-0.2, -0.15) is 0 Å². The number of fused-ring (bicyclic) bond motifs is 3. The maximum Gasteiger partial charge on any atom is 0.330 e. The Morgan fingerprint density at radius 2 is 1.88 bits per heavy atom. The van der Waals surface area contributed by atoms with E-state index in [0.29, 0.717) is 16.1 Å². The van der Waals surface area contributed by atoms with E-state index in [1.807, 2.05) is 19.9 Å².